The van der Waals surface area contributed by atoms with Gasteiger partial charge in [-0.2, -0.15) is 0 Å². The SMILES string of the molecule is COc1ccc(/C=C/C(=O)Nc2ccccc2COc2ccccc2Cl)cc1O. The van der Waals surface area contributed by atoms with Crippen LogP contribution in [0.5, 0.6) is 17.2 Å². The Morgan fingerprint density at radius 2 is 1.83 bits per heavy atom. The largest absolute Gasteiger partial charge is 0.504 e. The molecule has 1 amide bonds. The van der Waals surface area contributed by atoms with Gasteiger partial charge in [0.1, 0.15) is 12.4 Å². The summed E-state index contributed by atoms with van der Waals surface area (Å²) in [7, 11) is 1.48. The number of phenolic OH excluding ortho intramolecular Hbond substituents is 1. The maximum Gasteiger partial charge on any atom is 0.248 e. The maximum absolute atomic E-state index is 12.3. The zero-order chi connectivity index (χ0) is 20.6. The highest BCUT2D eigenvalue weighted by atomic mass is 35.5. The van der Waals surface area contributed by atoms with E-state index in [0.29, 0.717) is 27.8 Å². The van der Waals surface area contributed by atoms with Crippen molar-refractivity contribution in [2.45, 2.75) is 6.61 Å². The van der Waals surface area contributed by atoms with E-state index in [1.807, 2.05) is 30.3 Å². The van der Waals surface area contributed by atoms with Gasteiger partial charge < -0.3 is 19.9 Å². The summed E-state index contributed by atoms with van der Waals surface area (Å²) in [6, 6.07) is 19.5. The van der Waals surface area contributed by atoms with Crippen LogP contribution in [0.1, 0.15) is 11.1 Å². The van der Waals surface area contributed by atoms with Crippen molar-refractivity contribution in [2.24, 2.45) is 0 Å². The first-order valence-electron chi connectivity index (χ1n) is 8.88. The summed E-state index contributed by atoms with van der Waals surface area (Å²) < 4.78 is 10.8. The molecule has 5 nitrogen and oxygen atoms in total. The molecule has 0 heterocycles. The quantitative estimate of drug-likeness (QED) is 0.520. The number of aromatic hydroxyl groups is 1. The van der Waals surface area contributed by atoms with Gasteiger partial charge in [-0.05, 0) is 42.0 Å². The van der Waals surface area contributed by atoms with Crippen molar-refractivity contribution in [3.8, 4) is 17.2 Å². The lowest BCUT2D eigenvalue weighted by atomic mass is 10.1. The number of carbonyl (C=O) groups excluding carboxylic acids is 1. The minimum absolute atomic E-state index is 0.0112. The average molecular weight is 410 g/mol. The number of benzene rings is 3. The fourth-order valence-corrected chi connectivity index (χ4v) is 2.83. The van der Waals surface area contributed by atoms with Gasteiger partial charge in [0.05, 0.1) is 12.1 Å². The third kappa shape index (κ3) is 5.53. The van der Waals surface area contributed by atoms with Crippen LogP contribution in [0.25, 0.3) is 6.08 Å². The highest BCUT2D eigenvalue weighted by molar-refractivity contribution is 6.32. The molecular formula is C23H20ClNO4. The molecule has 0 fully saturated rings. The van der Waals surface area contributed by atoms with Crippen LogP contribution in [0.4, 0.5) is 5.69 Å². The van der Waals surface area contributed by atoms with Crippen molar-refractivity contribution < 1.29 is 19.4 Å². The van der Waals surface area contributed by atoms with Crippen LogP contribution in [-0.2, 0) is 11.4 Å². The van der Waals surface area contributed by atoms with Gasteiger partial charge in [0, 0.05) is 17.3 Å². The van der Waals surface area contributed by atoms with Gasteiger partial charge in [-0.15, -0.1) is 0 Å². The number of amides is 1. The Morgan fingerprint density at radius 3 is 2.59 bits per heavy atom. The monoisotopic (exact) mass is 409 g/mol. The second-order valence-corrected chi connectivity index (χ2v) is 6.54. The maximum atomic E-state index is 12.3. The van der Waals surface area contributed by atoms with Crippen LogP contribution in [0.2, 0.25) is 5.02 Å². The standard InChI is InChI=1S/C23H20ClNO4/c1-28-22-12-10-16(14-20(22)26)11-13-23(27)25-19-8-4-2-6-17(19)15-29-21-9-5-3-7-18(21)24/h2-14,26H,15H2,1H3,(H,25,27)/b13-11+. The predicted molar refractivity (Wildman–Crippen MR) is 115 cm³/mol. The number of methoxy groups -OCH3 is 1. The summed E-state index contributed by atoms with van der Waals surface area (Å²) in [6.45, 7) is 0.260. The minimum atomic E-state index is -0.300. The van der Waals surface area contributed by atoms with Crippen molar-refractivity contribution in [3.05, 3.63) is 89.0 Å². The first kappa shape index (κ1) is 20.3. The van der Waals surface area contributed by atoms with E-state index in [1.165, 1.54) is 19.3 Å². The van der Waals surface area contributed by atoms with Crippen LogP contribution in [0, 0.1) is 0 Å². The Balaban J connectivity index is 1.66. The fraction of sp³-hybridized carbons (Fsp3) is 0.0870. The van der Waals surface area contributed by atoms with Crippen LogP contribution in [0.3, 0.4) is 0 Å². The van der Waals surface area contributed by atoms with Crippen molar-refractivity contribution in [1.29, 1.82) is 0 Å². The van der Waals surface area contributed by atoms with E-state index in [2.05, 4.69) is 5.32 Å². The number of hydrogen-bond donors (Lipinski definition) is 2. The second-order valence-electron chi connectivity index (χ2n) is 6.13. The van der Waals surface area contributed by atoms with Crippen LogP contribution in [-0.4, -0.2) is 18.1 Å². The van der Waals surface area contributed by atoms with E-state index in [1.54, 1.807) is 36.4 Å². The predicted octanol–water partition coefficient (Wildman–Crippen LogP) is 5.29. The average Bonchev–Trinajstić information content (AvgIpc) is 2.73. The molecule has 3 aromatic carbocycles. The highest BCUT2D eigenvalue weighted by Gasteiger charge is 2.07. The third-order valence-electron chi connectivity index (χ3n) is 4.13. The van der Waals surface area contributed by atoms with Crippen molar-refractivity contribution in [3.63, 3.8) is 0 Å². The van der Waals surface area contributed by atoms with E-state index in [4.69, 9.17) is 21.1 Å². The number of hydrogen-bond acceptors (Lipinski definition) is 4. The molecule has 0 bridgehead atoms. The first-order chi connectivity index (χ1) is 14.1. The van der Waals surface area contributed by atoms with Gasteiger partial charge in [0.2, 0.25) is 5.91 Å². The second kappa shape index (κ2) is 9.66. The first-order valence-corrected chi connectivity index (χ1v) is 9.26. The highest BCUT2D eigenvalue weighted by Crippen LogP contribution is 2.27. The molecule has 0 spiro atoms. The summed E-state index contributed by atoms with van der Waals surface area (Å²) in [5.41, 5.74) is 2.14. The number of anilines is 1. The molecule has 3 rings (SSSR count). The van der Waals surface area contributed by atoms with E-state index in [9.17, 15) is 9.90 Å². The number of nitrogens with one attached hydrogen (secondary N) is 1. The Morgan fingerprint density at radius 1 is 1.07 bits per heavy atom. The normalized spacial score (nSPS) is 10.7. The summed E-state index contributed by atoms with van der Waals surface area (Å²) in [5, 5.41) is 13.2. The zero-order valence-corrected chi connectivity index (χ0v) is 16.5. The topological polar surface area (TPSA) is 67.8 Å². The molecule has 0 saturated heterocycles. The molecule has 0 saturated carbocycles. The Labute approximate surface area is 174 Å². The lowest BCUT2D eigenvalue weighted by Gasteiger charge is -2.12. The summed E-state index contributed by atoms with van der Waals surface area (Å²) >= 11 is 6.11. The number of para-hydroxylation sites is 2. The van der Waals surface area contributed by atoms with Gasteiger partial charge in [-0.1, -0.05) is 48.0 Å². The lowest BCUT2D eigenvalue weighted by Crippen LogP contribution is -2.10. The van der Waals surface area contributed by atoms with Crippen molar-refractivity contribution in [1.82, 2.24) is 0 Å². The summed E-state index contributed by atoms with van der Waals surface area (Å²) in [4.78, 5) is 12.3. The zero-order valence-electron chi connectivity index (χ0n) is 15.8. The molecule has 0 atom stereocenters. The molecule has 0 unspecified atom stereocenters. The molecule has 0 aliphatic rings. The molecule has 148 valence electrons. The number of phenols is 1. The Kier molecular flexibility index (Phi) is 6.76. The molecule has 29 heavy (non-hydrogen) atoms. The molecule has 0 radical (unpaired) electrons. The van der Waals surface area contributed by atoms with Gasteiger partial charge in [0.15, 0.2) is 11.5 Å². The number of ether oxygens (including phenoxy) is 2. The van der Waals surface area contributed by atoms with Gasteiger partial charge in [-0.25, -0.2) is 0 Å². The molecular weight excluding hydrogens is 390 g/mol. The molecule has 0 aromatic heterocycles. The van der Waals surface area contributed by atoms with E-state index in [-0.39, 0.29) is 18.3 Å². The molecule has 0 aliphatic carbocycles. The minimum Gasteiger partial charge on any atom is -0.504 e. The van der Waals surface area contributed by atoms with E-state index < -0.39 is 0 Å². The smallest absolute Gasteiger partial charge is 0.248 e. The van der Waals surface area contributed by atoms with Crippen LogP contribution < -0.4 is 14.8 Å². The lowest BCUT2D eigenvalue weighted by molar-refractivity contribution is -0.111. The van der Waals surface area contributed by atoms with Crippen LogP contribution in [0.15, 0.2) is 72.8 Å². The van der Waals surface area contributed by atoms with E-state index >= 15 is 0 Å². The van der Waals surface area contributed by atoms with E-state index in [0.717, 1.165) is 5.56 Å². The molecule has 2 N–H and O–H groups in total. The Hall–Kier alpha value is -3.44. The molecule has 3 aromatic rings. The van der Waals surface area contributed by atoms with Gasteiger partial charge in [0.25, 0.3) is 0 Å². The number of rotatable bonds is 7. The van der Waals surface area contributed by atoms with Gasteiger partial charge in [-0.3, -0.25) is 4.79 Å². The summed E-state index contributed by atoms with van der Waals surface area (Å²) in [5.74, 6) is 0.663. The summed E-state index contributed by atoms with van der Waals surface area (Å²) in [6.07, 6.45) is 3.00. The molecule has 6 heteroatoms. The molecule has 0 aliphatic heterocycles. The van der Waals surface area contributed by atoms with Gasteiger partial charge >= 0.3 is 0 Å². The fourth-order valence-electron chi connectivity index (χ4n) is 2.64. The Bertz CT molecular complexity index is 1030. The van der Waals surface area contributed by atoms with Crippen molar-refractivity contribution in [2.75, 3.05) is 12.4 Å². The number of carbonyl (C=O) groups is 1. The third-order valence-corrected chi connectivity index (χ3v) is 4.44. The number of halogens is 1. The van der Waals surface area contributed by atoms with Crippen molar-refractivity contribution >= 4 is 29.3 Å². The van der Waals surface area contributed by atoms with Crippen LogP contribution >= 0.6 is 11.6 Å².